The van der Waals surface area contributed by atoms with Crippen LogP contribution in [0.4, 0.5) is 4.39 Å². The van der Waals surface area contributed by atoms with Crippen molar-refractivity contribution in [2.24, 2.45) is 0 Å². The third kappa shape index (κ3) is 4.80. The highest BCUT2D eigenvalue weighted by Crippen LogP contribution is 2.45. The first-order valence-corrected chi connectivity index (χ1v) is 12.1. The molecule has 0 N–H and O–H groups in total. The molecule has 1 aliphatic heterocycles. The Morgan fingerprint density at radius 1 is 0.971 bits per heavy atom. The summed E-state index contributed by atoms with van der Waals surface area (Å²) in [6.45, 7) is 14.2. The molecular formula is C31H33FO3. The molecule has 0 amide bonds. The molecule has 3 aromatic carbocycles. The quantitative estimate of drug-likeness (QED) is 0.363. The molecule has 1 heterocycles. The second-order valence-electron chi connectivity index (χ2n) is 11.4. The summed E-state index contributed by atoms with van der Waals surface area (Å²) in [5.41, 5.74) is 3.83. The lowest BCUT2D eigenvalue weighted by Crippen LogP contribution is -2.36. The number of carbonyl (C=O) groups excluding carboxylic acids is 2. The molecule has 3 aromatic rings. The molecule has 0 unspecified atom stereocenters. The van der Waals surface area contributed by atoms with Gasteiger partial charge >= 0.3 is 0 Å². The van der Waals surface area contributed by atoms with E-state index >= 15 is 0 Å². The molecule has 0 saturated heterocycles. The Morgan fingerprint density at radius 3 is 2.11 bits per heavy atom. The van der Waals surface area contributed by atoms with Gasteiger partial charge in [-0.1, -0.05) is 71.0 Å². The van der Waals surface area contributed by atoms with Crippen molar-refractivity contribution in [2.75, 3.05) is 0 Å². The van der Waals surface area contributed by atoms with Crippen molar-refractivity contribution in [1.29, 1.82) is 0 Å². The highest BCUT2D eigenvalue weighted by Gasteiger charge is 2.37. The maximum atomic E-state index is 14.1. The summed E-state index contributed by atoms with van der Waals surface area (Å²) in [7, 11) is 0. The van der Waals surface area contributed by atoms with Crippen LogP contribution in [0, 0.1) is 5.82 Å². The van der Waals surface area contributed by atoms with Gasteiger partial charge in [0, 0.05) is 16.7 Å². The van der Waals surface area contributed by atoms with Crippen LogP contribution in [0.2, 0.25) is 0 Å². The number of carbonyl (C=O) groups is 2. The van der Waals surface area contributed by atoms with Gasteiger partial charge in [-0.25, -0.2) is 4.39 Å². The molecule has 4 rings (SSSR count). The fraction of sp³-hybridized carbons (Fsp3) is 0.355. The molecule has 1 aliphatic rings. The third-order valence-corrected chi connectivity index (χ3v) is 6.57. The molecule has 182 valence electrons. The number of benzene rings is 3. The molecule has 3 nitrogen and oxygen atoms in total. The second-order valence-corrected chi connectivity index (χ2v) is 11.4. The molecule has 4 heteroatoms. The van der Waals surface area contributed by atoms with Gasteiger partial charge in [0.15, 0.2) is 11.6 Å². The Morgan fingerprint density at radius 2 is 1.57 bits per heavy atom. The average Bonchev–Trinajstić information content (AvgIpc) is 2.76. The minimum Gasteiger partial charge on any atom is -0.487 e. The molecule has 0 spiro atoms. The number of ketones is 2. The summed E-state index contributed by atoms with van der Waals surface area (Å²) >= 11 is 0. The van der Waals surface area contributed by atoms with Crippen LogP contribution in [0.15, 0.2) is 54.6 Å². The van der Waals surface area contributed by atoms with E-state index in [2.05, 4.69) is 20.8 Å². The van der Waals surface area contributed by atoms with Crippen LogP contribution in [-0.4, -0.2) is 17.2 Å². The lowest BCUT2D eigenvalue weighted by molar-refractivity contribution is 0.0621. The largest absolute Gasteiger partial charge is 0.487 e. The van der Waals surface area contributed by atoms with E-state index in [4.69, 9.17) is 4.74 Å². The van der Waals surface area contributed by atoms with Gasteiger partial charge < -0.3 is 4.74 Å². The zero-order chi connectivity index (χ0) is 25.7. The van der Waals surface area contributed by atoms with E-state index in [0.717, 1.165) is 11.1 Å². The summed E-state index contributed by atoms with van der Waals surface area (Å²) in [5.74, 6) is -0.140. The molecule has 0 saturated carbocycles. The van der Waals surface area contributed by atoms with Crippen LogP contribution in [0.1, 0.15) is 98.2 Å². The van der Waals surface area contributed by atoms with Gasteiger partial charge in [0.1, 0.15) is 17.2 Å². The minimum absolute atomic E-state index is 0.00367. The van der Waals surface area contributed by atoms with Crippen LogP contribution in [0.5, 0.6) is 5.75 Å². The highest BCUT2D eigenvalue weighted by atomic mass is 19.1. The molecule has 0 aromatic heterocycles. The van der Waals surface area contributed by atoms with Gasteiger partial charge in [0.05, 0.1) is 12.0 Å². The molecular weight excluding hydrogens is 439 g/mol. The van der Waals surface area contributed by atoms with Crippen molar-refractivity contribution in [3.05, 3.63) is 88.2 Å². The highest BCUT2D eigenvalue weighted by molar-refractivity contribution is 6.18. The average molecular weight is 473 g/mol. The third-order valence-electron chi connectivity index (χ3n) is 6.57. The Labute approximate surface area is 207 Å². The van der Waals surface area contributed by atoms with Gasteiger partial charge in [-0.2, -0.15) is 0 Å². The first-order chi connectivity index (χ1) is 16.3. The Bertz CT molecular complexity index is 1290. The molecule has 0 aliphatic carbocycles. The number of Topliss-reactive ketones (excluding diaryl/α,β-unsaturated/α-hetero) is 1. The summed E-state index contributed by atoms with van der Waals surface area (Å²) in [4.78, 5) is 27.5. The zero-order valence-electron chi connectivity index (χ0n) is 21.6. The van der Waals surface area contributed by atoms with Gasteiger partial charge in [-0.05, 0) is 60.1 Å². The van der Waals surface area contributed by atoms with Crippen molar-refractivity contribution < 1.29 is 18.7 Å². The topological polar surface area (TPSA) is 43.4 Å². The molecule has 0 fully saturated rings. The number of ether oxygens (including phenoxy) is 1. The smallest absolute Gasteiger partial charge is 0.193 e. The van der Waals surface area contributed by atoms with E-state index in [1.54, 1.807) is 12.1 Å². The summed E-state index contributed by atoms with van der Waals surface area (Å²) in [6.07, 6.45) is 0.198. The molecule has 35 heavy (non-hydrogen) atoms. The predicted molar refractivity (Wildman–Crippen MR) is 138 cm³/mol. The number of rotatable bonds is 4. The number of hydrogen-bond donors (Lipinski definition) is 0. The van der Waals surface area contributed by atoms with E-state index in [1.807, 2.05) is 58.0 Å². The lowest BCUT2D eigenvalue weighted by atomic mass is 9.79. The number of fused-ring (bicyclic) bond motifs is 1. The summed E-state index contributed by atoms with van der Waals surface area (Å²) in [5, 5.41) is 0. The predicted octanol–water partition coefficient (Wildman–Crippen LogP) is 7.89. The number of halogens is 1. The molecule has 0 atom stereocenters. The summed E-state index contributed by atoms with van der Waals surface area (Å²) < 4.78 is 20.1. The summed E-state index contributed by atoms with van der Waals surface area (Å²) in [6, 6.07) is 15.5. The van der Waals surface area contributed by atoms with Crippen molar-refractivity contribution in [1.82, 2.24) is 0 Å². The lowest BCUT2D eigenvalue weighted by Gasteiger charge is -2.34. The Hall–Kier alpha value is -3.27. The maximum absolute atomic E-state index is 14.1. The van der Waals surface area contributed by atoms with Crippen LogP contribution in [0.3, 0.4) is 0 Å². The molecule has 0 radical (unpaired) electrons. The maximum Gasteiger partial charge on any atom is 0.193 e. The molecule has 0 bridgehead atoms. The second kappa shape index (κ2) is 8.75. The van der Waals surface area contributed by atoms with Crippen molar-refractivity contribution in [2.45, 2.75) is 71.8 Å². The monoisotopic (exact) mass is 472 g/mol. The minimum atomic E-state index is -0.646. The van der Waals surface area contributed by atoms with E-state index < -0.39 is 5.60 Å². The fourth-order valence-electron chi connectivity index (χ4n) is 4.72. The van der Waals surface area contributed by atoms with Gasteiger partial charge in [-0.3, -0.25) is 9.59 Å². The normalized spacial score (nSPS) is 15.1. The SMILES string of the molecule is CC(C)c1cc2c(c(-c3ccc(F)cc3)c1C(=O)c1ccc(C(C)(C)C)cc1)C(=O)CC(C)(C)O2. The van der Waals surface area contributed by atoms with Crippen molar-refractivity contribution in [3.8, 4) is 16.9 Å². The van der Waals surface area contributed by atoms with Crippen LogP contribution in [0.25, 0.3) is 11.1 Å². The first kappa shape index (κ1) is 24.8. The van der Waals surface area contributed by atoms with Gasteiger partial charge in [-0.15, -0.1) is 0 Å². The van der Waals surface area contributed by atoms with E-state index in [9.17, 15) is 14.0 Å². The zero-order valence-corrected chi connectivity index (χ0v) is 21.6. The van der Waals surface area contributed by atoms with Gasteiger partial charge in [0.25, 0.3) is 0 Å². The van der Waals surface area contributed by atoms with Crippen LogP contribution in [-0.2, 0) is 5.41 Å². The Balaban J connectivity index is 2.02. The van der Waals surface area contributed by atoms with Crippen molar-refractivity contribution >= 4 is 11.6 Å². The van der Waals surface area contributed by atoms with E-state index in [1.165, 1.54) is 12.1 Å². The first-order valence-electron chi connectivity index (χ1n) is 12.1. The van der Waals surface area contributed by atoms with Crippen molar-refractivity contribution in [3.63, 3.8) is 0 Å². The van der Waals surface area contributed by atoms with Crippen LogP contribution >= 0.6 is 0 Å². The van der Waals surface area contributed by atoms with Gasteiger partial charge in [0.2, 0.25) is 0 Å². The number of hydrogen-bond acceptors (Lipinski definition) is 3. The van der Waals surface area contributed by atoms with E-state index in [0.29, 0.717) is 33.6 Å². The van der Waals surface area contributed by atoms with E-state index in [-0.39, 0.29) is 35.1 Å². The Kier molecular flexibility index (Phi) is 6.21. The fourth-order valence-corrected chi connectivity index (χ4v) is 4.72. The standard InChI is InChI=1S/C31H33FO3/c1-18(2)23-16-25-28(24(33)17-31(6,7)35-25)26(19-10-14-22(32)15-11-19)27(23)29(34)20-8-12-21(13-9-20)30(3,4)5/h8-16,18H,17H2,1-7H3. The van der Waals surface area contributed by atoms with Crippen LogP contribution < -0.4 is 4.74 Å².